The van der Waals surface area contributed by atoms with Crippen LogP contribution in [0.2, 0.25) is 0 Å². The van der Waals surface area contributed by atoms with E-state index in [0.29, 0.717) is 23.1 Å². The fourth-order valence-corrected chi connectivity index (χ4v) is 4.16. The van der Waals surface area contributed by atoms with Gasteiger partial charge in [0.2, 0.25) is 11.0 Å². The normalized spacial score (nSPS) is 14.8. The van der Waals surface area contributed by atoms with Crippen molar-refractivity contribution < 1.29 is 9.59 Å². The Balaban J connectivity index is 1.41. The van der Waals surface area contributed by atoms with E-state index in [9.17, 15) is 9.59 Å². The summed E-state index contributed by atoms with van der Waals surface area (Å²) in [4.78, 5) is 28.3. The van der Waals surface area contributed by atoms with Crippen LogP contribution in [0.1, 0.15) is 49.2 Å². The van der Waals surface area contributed by atoms with Gasteiger partial charge >= 0.3 is 6.03 Å². The molecule has 1 fully saturated rings. The summed E-state index contributed by atoms with van der Waals surface area (Å²) < 4.78 is 0. The smallest absolute Gasteiger partial charge is 0.321 e. The molecule has 0 aromatic carbocycles. The van der Waals surface area contributed by atoms with Crippen molar-refractivity contribution in [2.45, 2.75) is 57.9 Å². The van der Waals surface area contributed by atoms with Gasteiger partial charge in [-0.25, -0.2) is 9.78 Å². The maximum absolute atomic E-state index is 12.0. The van der Waals surface area contributed by atoms with Crippen LogP contribution < -0.4 is 16.0 Å². The number of aryl methyl sites for hydroxylation is 2. The molecular weight excluding hydrogens is 372 g/mol. The lowest BCUT2D eigenvalue weighted by Crippen LogP contribution is -2.38. The Morgan fingerprint density at radius 3 is 2.69 bits per heavy atom. The molecule has 2 aromatic heterocycles. The fraction of sp³-hybridized carbons (Fsp3) is 0.562. The van der Waals surface area contributed by atoms with Crippen molar-refractivity contribution in [3.63, 3.8) is 0 Å². The molecule has 1 aliphatic carbocycles. The Bertz CT molecular complexity index is 754. The van der Waals surface area contributed by atoms with Gasteiger partial charge in [-0.2, -0.15) is 0 Å². The largest absolute Gasteiger partial charge is 0.335 e. The third kappa shape index (κ3) is 5.73. The van der Waals surface area contributed by atoms with E-state index in [4.69, 9.17) is 0 Å². The molecular formula is C16H22N6O2S2. The first kappa shape index (κ1) is 18.7. The molecule has 0 spiro atoms. The molecule has 0 unspecified atom stereocenters. The van der Waals surface area contributed by atoms with Crippen molar-refractivity contribution in [3.05, 3.63) is 16.1 Å². The summed E-state index contributed by atoms with van der Waals surface area (Å²) in [6, 6.07) is 0.0537. The lowest BCUT2D eigenvalue weighted by Gasteiger charge is -2.22. The number of aromatic nitrogens is 3. The minimum atomic E-state index is -0.206. The monoisotopic (exact) mass is 394 g/mol. The molecule has 26 heavy (non-hydrogen) atoms. The van der Waals surface area contributed by atoms with Gasteiger partial charge in [-0.1, -0.05) is 30.6 Å². The average Bonchev–Trinajstić information content (AvgIpc) is 3.22. The number of nitrogens with one attached hydrogen (secondary N) is 3. The Labute approximate surface area is 159 Å². The van der Waals surface area contributed by atoms with Crippen molar-refractivity contribution >= 4 is 44.9 Å². The number of amides is 3. The van der Waals surface area contributed by atoms with E-state index in [-0.39, 0.29) is 18.0 Å². The molecule has 10 heteroatoms. The van der Waals surface area contributed by atoms with E-state index in [1.54, 1.807) is 0 Å². The number of hydrogen-bond acceptors (Lipinski definition) is 7. The quantitative estimate of drug-likeness (QED) is 0.696. The SMILES string of the molecule is Cc1nnc(NC(=O)CCc2csc(NC(=O)NC3CCCCC3)n2)s1. The second kappa shape index (κ2) is 9.04. The highest BCUT2D eigenvalue weighted by Gasteiger charge is 2.16. The molecule has 2 aromatic rings. The van der Waals surface area contributed by atoms with Gasteiger partial charge in [-0.05, 0) is 26.2 Å². The van der Waals surface area contributed by atoms with Crippen LogP contribution in [0.15, 0.2) is 5.38 Å². The molecule has 0 bridgehead atoms. The van der Waals surface area contributed by atoms with Gasteiger partial charge in [0.05, 0.1) is 5.69 Å². The van der Waals surface area contributed by atoms with Crippen LogP contribution in [0.25, 0.3) is 0 Å². The van der Waals surface area contributed by atoms with E-state index in [1.807, 2.05) is 12.3 Å². The summed E-state index contributed by atoms with van der Waals surface area (Å²) in [6.45, 7) is 1.83. The number of carbonyl (C=O) groups is 2. The van der Waals surface area contributed by atoms with Crippen LogP contribution in [-0.4, -0.2) is 33.2 Å². The number of urea groups is 1. The first-order valence-corrected chi connectivity index (χ1v) is 10.4. The van der Waals surface area contributed by atoms with E-state index >= 15 is 0 Å². The van der Waals surface area contributed by atoms with Crippen LogP contribution in [0.4, 0.5) is 15.1 Å². The first-order chi connectivity index (χ1) is 12.6. The van der Waals surface area contributed by atoms with Crippen LogP contribution >= 0.6 is 22.7 Å². The van der Waals surface area contributed by atoms with E-state index in [0.717, 1.165) is 23.5 Å². The number of thiazole rings is 1. The van der Waals surface area contributed by atoms with Gasteiger partial charge in [-0.3, -0.25) is 10.1 Å². The Kier molecular flexibility index (Phi) is 6.51. The third-order valence-electron chi connectivity index (χ3n) is 4.09. The number of anilines is 2. The molecule has 8 nitrogen and oxygen atoms in total. The first-order valence-electron chi connectivity index (χ1n) is 8.70. The van der Waals surface area contributed by atoms with Crippen molar-refractivity contribution in [3.8, 4) is 0 Å². The molecule has 1 aliphatic rings. The zero-order valence-corrected chi connectivity index (χ0v) is 16.2. The topological polar surface area (TPSA) is 109 Å². The Morgan fingerprint density at radius 2 is 1.96 bits per heavy atom. The summed E-state index contributed by atoms with van der Waals surface area (Å²) in [5.74, 6) is -0.126. The summed E-state index contributed by atoms with van der Waals surface area (Å²) in [5.41, 5.74) is 0.784. The zero-order valence-electron chi connectivity index (χ0n) is 14.6. The molecule has 140 valence electrons. The van der Waals surface area contributed by atoms with Gasteiger partial charge in [-0.15, -0.1) is 21.5 Å². The second-order valence-corrected chi connectivity index (χ2v) is 8.29. The number of nitrogens with zero attached hydrogens (tertiary/aromatic N) is 3. The van der Waals surface area contributed by atoms with E-state index in [2.05, 4.69) is 31.1 Å². The van der Waals surface area contributed by atoms with Crippen molar-refractivity contribution in [2.75, 3.05) is 10.6 Å². The van der Waals surface area contributed by atoms with Crippen molar-refractivity contribution in [1.29, 1.82) is 0 Å². The Hall–Kier alpha value is -2.07. The maximum atomic E-state index is 12.0. The molecule has 3 N–H and O–H groups in total. The minimum absolute atomic E-state index is 0.126. The zero-order chi connectivity index (χ0) is 18.4. The second-order valence-electron chi connectivity index (χ2n) is 6.25. The van der Waals surface area contributed by atoms with Gasteiger partial charge < -0.3 is 10.6 Å². The molecule has 1 saturated carbocycles. The highest BCUT2D eigenvalue weighted by atomic mass is 32.1. The van der Waals surface area contributed by atoms with Crippen LogP contribution in [-0.2, 0) is 11.2 Å². The lowest BCUT2D eigenvalue weighted by atomic mass is 9.96. The summed E-state index contributed by atoms with van der Waals surface area (Å²) in [5, 5.41) is 19.9. The molecule has 2 heterocycles. The minimum Gasteiger partial charge on any atom is -0.335 e. The Morgan fingerprint density at radius 1 is 1.15 bits per heavy atom. The number of hydrogen-bond donors (Lipinski definition) is 3. The van der Waals surface area contributed by atoms with Gasteiger partial charge in [0.25, 0.3) is 0 Å². The predicted octanol–water partition coefficient (Wildman–Crippen LogP) is 3.33. The van der Waals surface area contributed by atoms with Crippen LogP contribution in [0, 0.1) is 6.92 Å². The highest BCUT2D eigenvalue weighted by molar-refractivity contribution is 7.15. The van der Waals surface area contributed by atoms with E-state index < -0.39 is 0 Å². The summed E-state index contributed by atoms with van der Waals surface area (Å²) in [6.07, 6.45) is 6.49. The van der Waals surface area contributed by atoms with Gasteiger partial charge in [0, 0.05) is 17.8 Å². The highest BCUT2D eigenvalue weighted by Crippen LogP contribution is 2.19. The third-order valence-corrected chi connectivity index (χ3v) is 5.65. The van der Waals surface area contributed by atoms with Crippen LogP contribution in [0.3, 0.4) is 0 Å². The van der Waals surface area contributed by atoms with Crippen LogP contribution in [0.5, 0.6) is 0 Å². The lowest BCUT2D eigenvalue weighted by molar-refractivity contribution is -0.116. The summed E-state index contributed by atoms with van der Waals surface area (Å²) >= 11 is 2.70. The maximum Gasteiger partial charge on any atom is 0.321 e. The van der Waals surface area contributed by atoms with Gasteiger partial charge in [0.1, 0.15) is 5.01 Å². The predicted molar refractivity (Wildman–Crippen MR) is 103 cm³/mol. The molecule has 3 amide bonds. The fourth-order valence-electron chi connectivity index (χ4n) is 2.82. The number of carbonyl (C=O) groups excluding carboxylic acids is 2. The average molecular weight is 395 g/mol. The number of rotatable bonds is 6. The molecule has 0 aliphatic heterocycles. The summed E-state index contributed by atoms with van der Waals surface area (Å²) in [7, 11) is 0. The molecule has 0 atom stereocenters. The van der Waals surface area contributed by atoms with Gasteiger partial charge in [0.15, 0.2) is 5.13 Å². The van der Waals surface area contributed by atoms with Crippen molar-refractivity contribution in [2.24, 2.45) is 0 Å². The molecule has 0 radical (unpaired) electrons. The van der Waals surface area contributed by atoms with E-state index in [1.165, 1.54) is 41.9 Å². The molecule has 0 saturated heterocycles. The standard InChI is InChI=1S/C16H22N6O2S2/c1-10-21-22-16(26-10)19-13(23)8-7-12-9-25-15(18-12)20-14(24)17-11-5-3-2-4-6-11/h9,11H,2-8H2,1H3,(H,19,22,23)(H2,17,18,20,24). The van der Waals surface area contributed by atoms with Crippen molar-refractivity contribution in [1.82, 2.24) is 20.5 Å². The molecule has 3 rings (SSSR count).